The maximum atomic E-state index is 9.84. The van der Waals surface area contributed by atoms with Crippen molar-refractivity contribution in [3.63, 3.8) is 0 Å². The molecule has 0 aliphatic heterocycles. The molecule has 0 radical (unpaired) electrons. The Hall–Kier alpha value is -7.99. The van der Waals surface area contributed by atoms with Crippen molar-refractivity contribution in [2.24, 2.45) is 0 Å². The SMILES string of the molecule is [2H]c1c([2H])c(-c2ccc(-c3ccccc3)cc2)c2c(sc3c([2H])c(-c4nc(-c5ccc(-c6ccccc6)cc5)nc(-c5ccccc5-c5ccc6c(c5)oc5ccccc56)n4)c([2H])c([2H])c32)c1[2H]. The van der Waals surface area contributed by atoms with Gasteiger partial charge >= 0.3 is 0 Å². The Labute approximate surface area is 370 Å². The van der Waals surface area contributed by atoms with Gasteiger partial charge in [0.15, 0.2) is 17.5 Å². The van der Waals surface area contributed by atoms with E-state index in [0.717, 1.165) is 66.7 Å². The standard InChI is InChI=1S/C57H35N3OS/c1-3-12-36(13-4-1)38-22-26-40(27-23-38)45-19-11-21-52-54(45)49-33-31-43(35-53(49)62-52)56-58-55(41-28-24-39(25-29-41)37-14-5-2-6-15-37)59-57(60-56)48-18-8-7-16-44(48)42-30-32-47-46-17-9-10-20-50(46)61-51(47)34-42/h1-35H/i11D,19D,21D,31D,33D,35D. The van der Waals surface area contributed by atoms with Gasteiger partial charge in [-0.1, -0.05) is 182 Å². The predicted molar refractivity (Wildman–Crippen MR) is 258 cm³/mol. The summed E-state index contributed by atoms with van der Waals surface area (Å²) in [6.07, 6.45) is 0. The summed E-state index contributed by atoms with van der Waals surface area (Å²) >= 11 is 1.12. The summed E-state index contributed by atoms with van der Waals surface area (Å²) in [5, 5.41) is 2.72. The number of aromatic nitrogens is 3. The first-order chi connectivity index (χ1) is 33.2. The number of hydrogen-bond donors (Lipinski definition) is 0. The average molecular weight is 816 g/mol. The quantitative estimate of drug-likeness (QED) is 0.161. The van der Waals surface area contributed by atoms with E-state index in [4.69, 9.17) is 23.5 Å². The minimum Gasteiger partial charge on any atom is -0.456 e. The first-order valence-corrected chi connectivity index (χ1v) is 21.1. The number of rotatable bonds is 7. The van der Waals surface area contributed by atoms with Crippen LogP contribution in [-0.4, -0.2) is 15.0 Å². The molecule has 290 valence electrons. The fraction of sp³-hybridized carbons (Fsp3) is 0. The minimum absolute atomic E-state index is 0.0403. The van der Waals surface area contributed by atoms with Crippen LogP contribution in [0.2, 0.25) is 0 Å². The molecular weight excluding hydrogens is 775 g/mol. The molecule has 4 nitrogen and oxygen atoms in total. The fourth-order valence-electron chi connectivity index (χ4n) is 8.24. The van der Waals surface area contributed by atoms with Crippen molar-refractivity contribution in [3.8, 4) is 78.7 Å². The third-order valence-electron chi connectivity index (χ3n) is 11.3. The van der Waals surface area contributed by atoms with Crippen molar-refractivity contribution in [1.29, 1.82) is 0 Å². The summed E-state index contributed by atoms with van der Waals surface area (Å²) in [5.41, 5.74) is 9.76. The molecule has 12 aromatic rings. The molecule has 62 heavy (non-hydrogen) atoms. The zero-order valence-electron chi connectivity index (χ0n) is 38.9. The second-order valence-electron chi connectivity index (χ2n) is 15.1. The van der Waals surface area contributed by atoms with Crippen molar-refractivity contribution in [2.45, 2.75) is 0 Å². The highest BCUT2D eigenvalue weighted by molar-refractivity contribution is 7.26. The van der Waals surface area contributed by atoms with Gasteiger partial charge in [-0.05, 0) is 74.8 Å². The highest BCUT2D eigenvalue weighted by Gasteiger charge is 2.19. The molecule has 0 saturated carbocycles. The average Bonchev–Trinajstić information content (AvgIpc) is 3.98. The van der Waals surface area contributed by atoms with Crippen LogP contribution in [0.5, 0.6) is 0 Å². The Morgan fingerprint density at radius 2 is 0.935 bits per heavy atom. The number of benzene rings is 9. The highest BCUT2D eigenvalue weighted by Crippen LogP contribution is 2.42. The Morgan fingerprint density at radius 1 is 0.371 bits per heavy atom. The Bertz CT molecular complexity index is 3970. The van der Waals surface area contributed by atoms with Crippen molar-refractivity contribution in [2.75, 3.05) is 0 Å². The summed E-state index contributed by atoms with van der Waals surface area (Å²) in [5.74, 6) is 0.681. The lowest BCUT2D eigenvalue weighted by Crippen LogP contribution is -2.01. The lowest BCUT2D eigenvalue weighted by Gasteiger charge is -2.12. The van der Waals surface area contributed by atoms with Crippen LogP contribution in [0.15, 0.2) is 217 Å². The zero-order chi connectivity index (χ0) is 46.2. The maximum Gasteiger partial charge on any atom is 0.164 e. The molecule has 0 unspecified atom stereocenters. The summed E-state index contributed by atoms with van der Waals surface area (Å²) < 4.78 is 63.2. The minimum atomic E-state index is -0.272. The Balaban J connectivity index is 1.06. The first-order valence-electron chi connectivity index (χ1n) is 23.3. The van der Waals surface area contributed by atoms with Crippen molar-refractivity contribution in [3.05, 3.63) is 212 Å². The van der Waals surface area contributed by atoms with Gasteiger partial charge in [0.1, 0.15) is 11.2 Å². The lowest BCUT2D eigenvalue weighted by molar-refractivity contribution is 0.669. The summed E-state index contributed by atoms with van der Waals surface area (Å²) in [7, 11) is 0. The molecular formula is C57H35N3OS. The van der Waals surface area contributed by atoms with Gasteiger partial charge in [0.05, 0.1) is 8.22 Å². The van der Waals surface area contributed by atoms with E-state index in [-0.39, 0.29) is 53.0 Å². The van der Waals surface area contributed by atoms with Crippen LogP contribution in [0.1, 0.15) is 8.22 Å². The summed E-state index contributed by atoms with van der Waals surface area (Å²) in [6, 6.07) is 56.3. The van der Waals surface area contributed by atoms with Crippen molar-refractivity contribution in [1.82, 2.24) is 15.0 Å². The van der Waals surface area contributed by atoms with Crippen LogP contribution in [0.4, 0.5) is 0 Å². The monoisotopic (exact) mass is 815 g/mol. The zero-order valence-corrected chi connectivity index (χ0v) is 33.7. The van der Waals surface area contributed by atoms with E-state index in [2.05, 4.69) is 12.1 Å². The molecule has 3 heterocycles. The number of hydrogen-bond acceptors (Lipinski definition) is 5. The third kappa shape index (κ3) is 6.35. The smallest absolute Gasteiger partial charge is 0.164 e. The van der Waals surface area contributed by atoms with Gasteiger partial charge in [0.2, 0.25) is 0 Å². The number of nitrogens with zero attached hydrogens (tertiary/aromatic N) is 3. The Morgan fingerprint density at radius 3 is 1.68 bits per heavy atom. The normalized spacial score (nSPS) is 12.9. The van der Waals surface area contributed by atoms with Gasteiger partial charge in [-0.15, -0.1) is 11.3 Å². The molecule has 0 fully saturated rings. The molecule has 0 aliphatic rings. The molecule has 0 N–H and O–H groups in total. The number of thiophene rings is 1. The molecule has 0 atom stereocenters. The second kappa shape index (κ2) is 14.9. The van der Waals surface area contributed by atoms with Crippen LogP contribution in [0.25, 0.3) is 121 Å². The molecule has 0 bridgehead atoms. The number of para-hydroxylation sites is 1. The highest BCUT2D eigenvalue weighted by atomic mass is 32.1. The van der Waals surface area contributed by atoms with E-state index < -0.39 is 0 Å². The number of furan rings is 1. The van der Waals surface area contributed by atoms with E-state index in [1.807, 2.05) is 164 Å². The van der Waals surface area contributed by atoms with Crippen LogP contribution in [0.3, 0.4) is 0 Å². The van der Waals surface area contributed by atoms with Crippen molar-refractivity contribution >= 4 is 53.4 Å². The van der Waals surface area contributed by atoms with Gasteiger partial charge in [0.25, 0.3) is 0 Å². The van der Waals surface area contributed by atoms with Crippen LogP contribution >= 0.6 is 11.3 Å². The first kappa shape index (κ1) is 30.1. The van der Waals surface area contributed by atoms with Crippen LogP contribution in [-0.2, 0) is 0 Å². The largest absolute Gasteiger partial charge is 0.456 e. The Kier molecular flexibility index (Phi) is 7.25. The van der Waals surface area contributed by atoms with E-state index >= 15 is 0 Å². The van der Waals surface area contributed by atoms with Gasteiger partial charge in [-0.25, -0.2) is 15.0 Å². The summed E-state index contributed by atoms with van der Waals surface area (Å²) in [6.45, 7) is 0. The van der Waals surface area contributed by atoms with E-state index in [1.54, 1.807) is 0 Å². The molecule has 0 aliphatic carbocycles. The van der Waals surface area contributed by atoms with Gasteiger partial charge in [0, 0.05) is 47.6 Å². The molecule has 0 saturated heterocycles. The lowest BCUT2D eigenvalue weighted by atomic mass is 9.96. The molecule has 12 rings (SSSR count). The summed E-state index contributed by atoms with van der Waals surface area (Å²) in [4.78, 5) is 15.1. The maximum absolute atomic E-state index is 9.84. The van der Waals surface area contributed by atoms with Gasteiger partial charge in [-0.2, -0.15) is 0 Å². The molecule has 9 aromatic carbocycles. The van der Waals surface area contributed by atoms with Gasteiger partial charge in [-0.3, -0.25) is 0 Å². The number of fused-ring (bicyclic) bond motifs is 6. The van der Waals surface area contributed by atoms with E-state index in [0.29, 0.717) is 48.7 Å². The molecule has 5 heteroatoms. The second-order valence-corrected chi connectivity index (χ2v) is 16.1. The molecule has 3 aromatic heterocycles. The fourth-order valence-corrected chi connectivity index (χ4v) is 9.26. The van der Waals surface area contributed by atoms with Crippen LogP contribution < -0.4 is 0 Å². The van der Waals surface area contributed by atoms with Crippen LogP contribution in [0, 0.1) is 0 Å². The van der Waals surface area contributed by atoms with E-state index in [9.17, 15) is 4.11 Å². The van der Waals surface area contributed by atoms with Gasteiger partial charge < -0.3 is 4.42 Å². The molecule has 0 amide bonds. The predicted octanol–water partition coefficient (Wildman–Crippen LogP) is 15.8. The molecule has 0 spiro atoms. The van der Waals surface area contributed by atoms with E-state index in [1.165, 1.54) is 0 Å². The van der Waals surface area contributed by atoms with Crippen molar-refractivity contribution < 1.29 is 12.6 Å². The third-order valence-corrected chi connectivity index (χ3v) is 12.3. The topological polar surface area (TPSA) is 51.8 Å².